The number of hydrogen-bond acceptors (Lipinski definition) is 5. The van der Waals surface area contributed by atoms with E-state index in [-0.39, 0.29) is 11.2 Å². The normalized spacial score (nSPS) is 11.9. The third-order valence-corrected chi connectivity index (χ3v) is 5.60. The number of thioether (sulfide) groups is 1. The van der Waals surface area contributed by atoms with Gasteiger partial charge in [0.2, 0.25) is 5.91 Å². The van der Waals surface area contributed by atoms with Crippen molar-refractivity contribution in [2.45, 2.75) is 44.6 Å². The minimum atomic E-state index is -0.344. The highest BCUT2D eigenvalue weighted by Crippen LogP contribution is 2.30. The summed E-state index contributed by atoms with van der Waals surface area (Å²) in [4.78, 5) is 12.8. The van der Waals surface area contributed by atoms with Crippen LogP contribution in [-0.2, 0) is 11.3 Å². The van der Waals surface area contributed by atoms with Gasteiger partial charge in [-0.1, -0.05) is 48.2 Å². The minimum absolute atomic E-state index is 0.106. The molecule has 1 aromatic heterocycles. The molecule has 0 radical (unpaired) electrons. The maximum Gasteiger partial charge on any atom is 0.237 e. The second-order valence-corrected chi connectivity index (χ2v) is 7.85. The summed E-state index contributed by atoms with van der Waals surface area (Å²) in [6.45, 7) is 9.16. The molecule has 0 saturated carbocycles. The molecule has 6 nitrogen and oxygen atoms in total. The van der Waals surface area contributed by atoms with Gasteiger partial charge in [-0.25, -0.2) is 0 Å². The molecule has 1 N–H and O–H groups in total. The first-order chi connectivity index (χ1) is 14.0. The number of hydrogen-bond donors (Lipinski definition) is 1. The van der Waals surface area contributed by atoms with E-state index in [9.17, 15) is 4.79 Å². The molecule has 7 heteroatoms. The van der Waals surface area contributed by atoms with Gasteiger partial charge in [-0.3, -0.25) is 4.79 Å². The molecule has 3 rings (SSSR count). The summed E-state index contributed by atoms with van der Waals surface area (Å²) in [5, 5.41) is 12.1. The highest BCUT2D eigenvalue weighted by molar-refractivity contribution is 8.00. The van der Waals surface area contributed by atoms with Crippen molar-refractivity contribution < 1.29 is 9.53 Å². The topological polar surface area (TPSA) is 69.0 Å². The van der Waals surface area contributed by atoms with Crippen molar-refractivity contribution in [3.63, 3.8) is 0 Å². The van der Waals surface area contributed by atoms with Gasteiger partial charge in [0.05, 0.1) is 17.5 Å². The first kappa shape index (κ1) is 20.9. The molecule has 0 bridgehead atoms. The summed E-state index contributed by atoms with van der Waals surface area (Å²) in [6.07, 6.45) is 0. The summed E-state index contributed by atoms with van der Waals surface area (Å²) >= 11 is 1.40. The van der Waals surface area contributed by atoms with Crippen molar-refractivity contribution in [3.05, 3.63) is 54.1 Å². The number of carbonyl (C=O) groups is 1. The highest BCUT2D eigenvalue weighted by atomic mass is 32.2. The molecular formula is C22H26N4O2S. The van der Waals surface area contributed by atoms with Gasteiger partial charge in [-0.15, -0.1) is 10.2 Å². The first-order valence-electron chi connectivity index (χ1n) is 9.73. The number of nitrogens with zero attached hydrogens (tertiary/aromatic N) is 3. The summed E-state index contributed by atoms with van der Waals surface area (Å²) in [7, 11) is 0. The maximum absolute atomic E-state index is 12.8. The van der Waals surface area contributed by atoms with Crippen molar-refractivity contribution in [2.75, 3.05) is 11.9 Å². The molecule has 1 heterocycles. The number of rotatable bonds is 8. The van der Waals surface area contributed by atoms with E-state index in [2.05, 4.69) is 35.4 Å². The number of aromatic nitrogens is 3. The van der Waals surface area contributed by atoms with Crippen LogP contribution in [0, 0.1) is 6.92 Å². The minimum Gasteiger partial charge on any atom is -0.492 e. The molecule has 152 valence electrons. The molecule has 0 saturated heterocycles. The lowest BCUT2D eigenvalue weighted by molar-refractivity contribution is -0.115. The molecule has 29 heavy (non-hydrogen) atoms. The lowest BCUT2D eigenvalue weighted by atomic mass is 10.1. The van der Waals surface area contributed by atoms with Gasteiger partial charge in [0.1, 0.15) is 5.75 Å². The van der Waals surface area contributed by atoms with E-state index in [4.69, 9.17) is 4.74 Å². The smallest absolute Gasteiger partial charge is 0.237 e. The van der Waals surface area contributed by atoms with Gasteiger partial charge >= 0.3 is 0 Å². The molecule has 0 unspecified atom stereocenters. The van der Waals surface area contributed by atoms with Gasteiger partial charge in [0, 0.05) is 12.1 Å². The number of para-hydroxylation sites is 2. The summed E-state index contributed by atoms with van der Waals surface area (Å²) in [6, 6.07) is 15.5. The zero-order valence-electron chi connectivity index (χ0n) is 17.2. The molecule has 2 aromatic carbocycles. The Kier molecular flexibility index (Phi) is 6.93. The standard InChI is InChI=1S/C22H26N4O2S/c1-5-26-20(17-12-8-7-11-15(17)3)24-25-22(26)29-16(4)21(27)23-18-13-9-10-14-19(18)28-6-2/h7-14,16H,5-6H2,1-4H3,(H,23,27)/t16-/m0/s1. The molecule has 1 atom stereocenters. The largest absolute Gasteiger partial charge is 0.492 e. The predicted molar refractivity (Wildman–Crippen MR) is 117 cm³/mol. The van der Waals surface area contributed by atoms with Crippen LogP contribution in [-0.4, -0.2) is 32.5 Å². The second kappa shape index (κ2) is 9.60. The molecule has 0 spiro atoms. The van der Waals surface area contributed by atoms with Gasteiger partial charge < -0.3 is 14.6 Å². The van der Waals surface area contributed by atoms with Crippen molar-refractivity contribution in [1.82, 2.24) is 14.8 Å². The summed E-state index contributed by atoms with van der Waals surface area (Å²) < 4.78 is 7.63. The van der Waals surface area contributed by atoms with E-state index >= 15 is 0 Å². The van der Waals surface area contributed by atoms with Crippen LogP contribution in [0.1, 0.15) is 26.3 Å². The van der Waals surface area contributed by atoms with Crippen LogP contribution in [0.15, 0.2) is 53.7 Å². The number of aryl methyl sites for hydroxylation is 1. The zero-order chi connectivity index (χ0) is 20.8. The summed E-state index contributed by atoms with van der Waals surface area (Å²) in [5.74, 6) is 1.38. The third kappa shape index (κ3) is 4.79. The van der Waals surface area contributed by atoms with Gasteiger partial charge in [0.25, 0.3) is 0 Å². The van der Waals surface area contributed by atoms with Crippen LogP contribution in [0.2, 0.25) is 0 Å². The van der Waals surface area contributed by atoms with E-state index in [1.54, 1.807) is 0 Å². The van der Waals surface area contributed by atoms with Crippen molar-refractivity contribution >= 4 is 23.4 Å². The molecule has 0 aliphatic carbocycles. The quantitative estimate of drug-likeness (QED) is 0.541. The Morgan fingerprint density at radius 3 is 2.59 bits per heavy atom. The fraction of sp³-hybridized carbons (Fsp3) is 0.318. The molecule has 3 aromatic rings. The number of ether oxygens (including phenoxy) is 1. The Morgan fingerprint density at radius 1 is 1.14 bits per heavy atom. The monoisotopic (exact) mass is 410 g/mol. The number of anilines is 1. The van der Waals surface area contributed by atoms with E-state index in [0.717, 1.165) is 28.7 Å². The first-order valence-corrected chi connectivity index (χ1v) is 10.6. The number of benzene rings is 2. The van der Waals surface area contributed by atoms with Crippen molar-refractivity contribution in [3.8, 4) is 17.1 Å². The van der Waals surface area contributed by atoms with Crippen molar-refractivity contribution in [1.29, 1.82) is 0 Å². The second-order valence-electron chi connectivity index (χ2n) is 6.54. The predicted octanol–water partition coefficient (Wildman–Crippen LogP) is 4.79. The SMILES string of the molecule is CCOc1ccccc1NC(=O)[C@H](C)Sc1nnc(-c2ccccc2C)n1CC. The van der Waals surface area contributed by atoms with Crippen LogP contribution in [0.25, 0.3) is 11.4 Å². The Morgan fingerprint density at radius 2 is 1.86 bits per heavy atom. The van der Waals surface area contributed by atoms with E-state index in [1.807, 2.05) is 60.9 Å². The van der Waals surface area contributed by atoms with Gasteiger partial charge in [0.15, 0.2) is 11.0 Å². The molecule has 0 aliphatic rings. The van der Waals surface area contributed by atoms with Crippen molar-refractivity contribution in [2.24, 2.45) is 0 Å². The Labute approximate surface area is 175 Å². The van der Waals surface area contributed by atoms with Gasteiger partial charge in [-0.2, -0.15) is 0 Å². The Hall–Kier alpha value is -2.80. The summed E-state index contributed by atoms with van der Waals surface area (Å²) in [5.41, 5.74) is 2.87. The maximum atomic E-state index is 12.8. The molecule has 0 fully saturated rings. The van der Waals surface area contributed by atoms with Gasteiger partial charge in [-0.05, 0) is 45.4 Å². The van der Waals surface area contributed by atoms with E-state index in [0.29, 0.717) is 18.0 Å². The van der Waals surface area contributed by atoms with Crippen LogP contribution in [0.3, 0.4) is 0 Å². The Balaban J connectivity index is 1.76. The number of carbonyl (C=O) groups excluding carboxylic acids is 1. The number of nitrogens with one attached hydrogen (secondary N) is 1. The zero-order valence-corrected chi connectivity index (χ0v) is 18.0. The average Bonchev–Trinajstić information content (AvgIpc) is 3.12. The lowest BCUT2D eigenvalue weighted by Crippen LogP contribution is -2.23. The molecule has 1 amide bonds. The fourth-order valence-electron chi connectivity index (χ4n) is 2.98. The van der Waals surface area contributed by atoms with Crippen LogP contribution in [0.4, 0.5) is 5.69 Å². The van der Waals surface area contributed by atoms with E-state index < -0.39 is 0 Å². The third-order valence-electron chi connectivity index (χ3n) is 4.52. The Bertz CT molecular complexity index is 986. The highest BCUT2D eigenvalue weighted by Gasteiger charge is 2.21. The van der Waals surface area contributed by atoms with Crippen LogP contribution < -0.4 is 10.1 Å². The number of amides is 1. The molecular weight excluding hydrogens is 384 g/mol. The van der Waals surface area contributed by atoms with E-state index in [1.165, 1.54) is 11.8 Å². The van der Waals surface area contributed by atoms with Crippen LogP contribution in [0.5, 0.6) is 5.75 Å². The molecule has 0 aliphatic heterocycles. The lowest BCUT2D eigenvalue weighted by Gasteiger charge is -2.15. The fourth-order valence-corrected chi connectivity index (χ4v) is 3.89. The average molecular weight is 411 g/mol. The van der Waals surface area contributed by atoms with Crippen LogP contribution >= 0.6 is 11.8 Å².